The maximum Gasteiger partial charge on any atom is 0.295 e. The third-order valence-corrected chi connectivity index (χ3v) is 2.62. The Kier molecular flexibility index (Phi) is 3.64. The van der Waals surface area contributed by atoms with Gasteiger partial charge in [-0.05, 0) is 10.7 Å². The van der Waals surface area contributed by atoms with Crippen molar-refractivity contribution < 1.29 is 18.6 Å². The number of hydrogen-bond acceptors (Lipinski definition) is 6. The molecule has 0 unspecified atom stereocenters. The topological polar surface area (TPSA) is 90.4 Å². The summed E-state index contributed by atoms with van der Waals surface area (Å²) >= 11 is 0. The summed E-state index contributed by atoms with van der Waals surface area (Å²) in [5, 5.41) is 9.74. The van der Waals surface area contributed by atoms with Crippen molar-refractivity contribution in [3.63, 3.8) is 0 Å². The summed E-state index contributed by atoms with van der Waals surface area (Å²) in [7, 11) is 0. The summed E-state index contributed by atoms with van der Waals surface area (Å²) in [6.45, 7) is 0.345. The predicted octanol–water partition coefficient (Wildman–Crippen LogP) is 2.49. The molecule has 106 valence electrons. The second-order valence-corrected chi connectivity index (χ2v) is 4.14. The van der Waals surface area contributed by atoms with E-state index < -0.39 is 5.91 Å². The zero-order valence-electron chi connectivity index (χ0n) is 10.9. The smallest absolute Gasteiger partial charge is 0.295 e. The van der Waals surface area contributed by atoms with Crippen LogP contribution < -0.4 is 10.1 Å². The van der Waals surface area contributed by atoms with Gasteiger partial charge in [-0.2, -0.15) is 0 Å². The number of nitrogens with one attached hydrogen (secondary N) is 1. The molecule has 0 radical (unpaired) electrons. The average Bonchev–Trinajstić information content (AvgIpc) is 3.17. The number of hydrogen-bond donors (Lipinski definition) is 1. The van der Waals surface area contributed by atoms with Crippen LogP contribution in [0, 0.1) is 0 Å². The molecule has 0 bridgehead atoms. The van der Waals surface area contributed by atoms with Crippen molar-refractivity contribution >= 4 is 11.7 Å². The molecule has 0 spiro atoms. The highest BCUT2D eigenvalue weighted by Crippen LogP contribution is 2.14. The lowest BCUT2D eigenvalue weighted by Crippen LogP contribution is -2.10. The normalized spacial score (nSPS) is 10.3. The van der Waals surface area contributed by atoms with Crippen molar-refractivity contribution in [2.75, 3.05) is 5.32 Å². The molecular weight excluding hydrogens is 274 g/mol. The van der Waals surface area contributed by atoms with Crippen LogP contribution in [0.2, 0.25) is 0 Å². The van der Waals surface area contributed by atoms with Crippen LogP contribution in [-0.4, -0.2) is 16.2 Å². The van der Waals surface area contributed by atoms with Crippen LogP contribution in [0.25, 0.3) is 0 Å². The Morgan fingerprint density at radius 3 is 2.81 bits per heavy atom. The van der Waals surface area contributed by atoms with Gasteiger partial charge in [0.2, 0.25) is 5.76 Å². The van der Waals surface area contributed by atoms with Gasteiger partial charge in [0.05, 0.1) is 6.07 Å². The number of benzene rings is 1. The summed E-state index contributed by atoms with van der Waals surface area (Å²) in [5.74, 6) is 0.0827. The number of rotatable bonds is 5. The van der Waals surface area contributed by atoms with Crippen LogP contribution in [0.4, 0.5) is 5.82 Å². The molecule has 7 heteroatoms. The van der Waals surface area contributed by atoms with Crippen molar-refractivity contribution in [3.05, 3.63) is 60.1 Å². The highest BCUT2D eigenvalue weighted by Gasteiger charge is 2.15. The van der Waals surface area contributed by atoms with Crippen molar-refractivity contribution in [3.8, 4) is 5.88 Å². The van der Waals surface area contributed by atoms with E-state index in [4.69, 9.17) is 9.26 Å². The Balaban J connectivity index is 1.59. The summed E-state index contributed by atoms with van der Waals surface area (Å²) in [5.41, 5.74) is 0.995. The fourth-order valence-corrected chi connectivity index (χ4v) is 1.62. The van der Waals surface area contributed by atoms with Crippen molar-refractivity contribution in [1.82, 2.24) is 10.3 Å². The molecular formula is C14H11N3O4. The molecule has 7 nitrogen and oxygen atoms in total. The van der Waals surface area contributed by atoms with Crippen LogP contribution in [0.1, 0.15) is 16.1 Å². The molecule has 2 heterocycles. The first kappa shape index (κ1) is 12.9. The first-order chi connectivity index (χ1) is 10.3. The minimum Gasteiger partial charge on any atom is -0.471 e. The van der Waals surface area contributed by atoms with Gasteiger partial charge in [0.15, 0.2) is 5.82 Å². The SMILES string of the molecule is O=C(Nc1ccon1)c1cc(OCc2ccccc2)no1. The molecule has 0 aliphatic rings. The van der Waals surface area contributed by atoms with E-state index in [0.29, 0.717) is 12.4 Å². The van der Waals surface area contributed by atoms with Crippen LogP contribution in [-0.2, 0) is 6.61 Å². The Labute approximate surface area is 119 Å². The molecule has 0 aliphatic heterocycles. The maximum absolute atomic E-state index is 11.8. The predicted molar refractivity (Wildman–Crippen MR) is 71.7 cm³/mol. The van der Waals surface area contributed by atoms with Gasteiger partial charge in [-0.15, -0.1) is 0 Å². The van der Waals surface area contributed by atoms with E-state index in [1.165, 1.54) is 18.4 Å². The first-order valence-corrected chi connectivity index (χ1v) is 6.16. The molecule has 0 atom stereocenters. The zero-order valence-corrected chi connectivity index (χ0v) is 10.9. The van der Waals surface area contributed by atoms with Gasteiger partial charge in [0.1, 0.15) is 12.9 Å². The molecule has 1 amide bonds. The monoisotopic (exact) mass is 285 g/mol. The van der Waals surface area contributed by atoms with Gasteiger partial charge in [-0.25, -0.2) is 0 Å². The lowest BCUT2D eigenvalue weighted by atomic mass is 10.2. The van der Waals surface area contributed by atoms with Gasteiger partial charge in [-0.3, -0.25) is 4.79 Å². The Hall–Kier alpha value is -3.09. The highest BCUT2D eigenvalue weighted by molar-refractivity contribution is 6.01. The number of amides is 1. The average molecular weight is 285 g/mol. The molecule has 3 aromatic rings. The van der Waals surface area contributed by atoms with Gasteiger partial charge in [0.25, 0.3) is 11.8 Å². The molecule has 2 aromatic heterocycles. The lowest BCUT2D eigenvalue weighted by Gasteiger charge is -2.00. The molecule has 0 fully saturated rings. The van der Waals surface area contributed by atoms with Crippen molar-refractivity contribution in [1.29, 1.82) is 0 Å². The fraction of sp³-hybridized carbons (Fsp3) is 0.0714. The largest absolute Gasteiger partial charge is 0.471 e. The minimum atomic E-state index is -0.481. The lowest BCUT2D eigenvalue weighted by molar-refractivity contribution is 0.0986. The third-order valence-electron chi connectivity index (χ3n) is 2.62. The number of nitrogens with zero attached hydrogens (tertiary/aromatic N) is 2. The van der Waals surface area contributed by atoms with Crippen LogP contribution in [0.5, 0.6) is 5.88 Å². The highest BCUT2D eigenvalue weighted by atomic mass is 16.5. The molecule has 0 saturated heterocycles. The van der Waals surface area contributed by atoms with Crippen molar-refractivity contribution in [2.24, 2.45) is 0 Å². The third kappa shape index (κ3) is 3.27. The van der Waals surface area contributed by atoms with E-state index in [1.54, 1.807) is 0 Å². The van der Waals surface area contributed by atoms with E-state index in [1.807, 2.05) is 30.3 Å². The number of anilines is 1. The van der Waals surface area contributed by atoms with E-state index in [0.717, 1.165) is 5.56 Å². The molecule has 0 saturated carbocycles. The van der Waals surface area contributed by atoms with Gasteiger partial charge in [-0.1, -0.05) is 35.5 Å². The van der Waals surface area contributed by atoms with E-state index in [2.05, 4.69) is 20.2 Å². The molecule has 21 heavy (non-hydrogen) atoms. The van der Waals surface area contributed by atoms with Gasteiger partial charge in [0, 0.05) is 6.07 Å². The Morgan fingerprint density at radius 2 is 2.05 bits per heavy atom. The van der Waals surface area contributed by atoms with E-state index in [-0.39, 0.29) is 11.6 Å². The standard InChI is InChI=1S/C14H11N3O4/c18-14(15-12-6-7-20-16-12)11-8-13(17-21-11)19-9-10-4-2-1-3-5-10/h1-8H,9H2,(H,15,16,18). The summed E-state index contributed by atoms with van der Waals surface area (Å²) in [6, 6.07) is 12.5. The number of aromatic nitrogens is 2. The fourth-order valence-electron chi connectivity index (χ4n) is 1.62. The van der Waals surface area contributed by atoms with Gasteiger partial charge < -0.3 is 19.1 Å². The summed E-state index contributed by atoms with van der Waals surface area (Å²) < 4.78 is 15.0. The first-order valence-electron chi connectivity index (χ1n) is 6.16. The Morgan fingerprint density at radius 1 is 1.19 bits per heavy atom. The summed E-state index contributed by atoms with van der Waals surface area (Å²) in [4.78, 5) is 11.8. The zero-order chi connectivity index (χ0) is 14.5. The minimum absolute atomic E-state index is 0.0288. The molecule has 1 aromatic carbocycles. The van der Waals surface area contributed by atoms with Crippen molar-refractivity contribution in [2.45, 2.75) is 6.61 Å². The maximum atomic E-state index is 11.8. The molecule has 1 N–H and O–H groups in total. The molecule has 0 aliphatic carbocycles. The number of carbonyl (C=O) groups is 1. The number of carbonyl (C=O) groups excluding carboxylic acids is 1. The van der Waals surface area contributed by atoms with Crippen LogP contribution in [0.3, 0.4) is 0 Å². The second-order valence-electron chi connectivity index (χ2n) is 4.14. The van der Waals surface area contributed by atoms with E-state index in [9.17, 15) is 4.79 Å². The van der Waals surface area contributed by atoms with Crippen LogP contribution in [0.15, 0.2) is 57.8 Å². The van der Waals surface area contributed by atoms with Gasteiger partial charge >= 0.3 is 0 Å². The van der Waals surface area contributed by atoms with E-state index >= 15 is 0 Å². The van der Waals surface area contributed by atoms with Crippen LogP contribution >= 0.6 is 0 Å². The quantitative estimate of drug-likeness (QED) is 0.774. The summed E-state index contributed by atoms with van der Waals surface area (Å²) in [6.07, 6.45) is 1.35. The number of ether oxygens (including phenoxy) is 1. The Bertz CT molecular complexity index is 707. The second kappa shape index (κ2) is 5.91. The molecule has 3 rings (SSSR count).